The van der Waals surface area contributed by atoms with Gasteiger partial charge in [-0.1, -0.05) is 26.0 Å². The minimum atomic E-state index is 0.289. The van der Waals surface area contributed by atoms with Gasteiger partial charge < -0.3 is 10.1 Å². The van der Waals surface area contributed by atoms with Crippen molar-refractivity contribution in [1.82, 2.24) is 5.32 Å². The highest BCUT2D eigenvalue weighted by atomic mass is 16.5. The molecule has 0 spiro atoms. The topological polar surface area (TPSA) is 21.3 Å². The lowest BCUT2D eigenvalue weighted by molar-refractivity contribution is 0.217. The number of hydrogen-bond donors (Lipinski definition) is 1. The van der Waals surface area contributed by atoms with Gasteiger partial charge >= 0.3 is 0 Å². The van der Waals surface area contributed by atoms with E-state index in [0.717, 1.165) is 18.7 Å². The molecule has 0 aliphatic heterocycles. The van der Waals surface area contributed by atoms with Gasteiger partial charge in [-0.15, -0.1) is 0 Å². The van der Waals surface area contributed by atoms with Crippen LogP contribution >= 0.6 is 0 Å². The maximum atomic E-state index is 5.74. The maximum absolute atomic E-state index is 5.74. The zero-order chi connectivity index (χ0) is 12.0. The Morgan fingerprint density at radius 2 is 1.75 bits per heavy atom. The highest BCUT2D eigenvalue weighted by Gasteiger charge is 2.04. The summed E-state index contributed by atoms with van der Waals surface area (Å²) in [5, 5.41) is 3.39. The summed E-state index contributed by atoms with van der Waals surface area (Å²) in [6.45, 7) is 9.51. The lowest BCUT2D eigenvalue weighted by Crippen LogP contribution is -2.17. The molecule has 2 atom stereocenters. The molecule has 16 heavy (non-hydrogen) atoms. The summed E-state index contributed by atoms with van der Waals surface area (Å²) in [6, 6.07) is 8.77. The molecule has 1 aromatic rings. The molecule has 0 heterocycles. The molecular weight excluding hydrogens is 198 g/mol. The molecule has 0 saturated heterocycles. The van der Waals surface area contributed by atoms with Crippen molar-refractivity contribution in [3.63, 3.8) is 0 Å². The molecule has 0 unspecified atom stereocenters. The third kappa shape index (κ3) is 3.86. The van der Waals surface area contributed by atoms with E-state index in [4.69, 9.17) is 4.74 Å². The predicted octanol–water partition coefficient (Wildman–Crippen LogP) is 3.53. The van der Waals surface area contributed by atoms with E-state index in [1.165, 1.54) is 5.56 Å². The first kappa shape index (κ1) is 13.0. The molecule has 90 valence electrons. The van der Waals surface area contributed by atoms with Crippen LogP contribution < -0.4 is 10.1 Å². The standard InChI is InChI=1S/C14H23NO/c1-5-11(3)16-14-9-7-13(8-10-14)12(4)15-6-2/h7-12,15H,5-6H2,1-4H3/t11-,12-/m0/s1. The largest absolute Gasteiger partial charge is 0.491 e. The Bertz CT molecular complexity index is 294. The van der Waals surface area contributed by atoms with Gasteiger partial charge in [0.15, 0.2) is 0 Å². The van der Waals surface area contributed by atoms with Gasteiger partial charge in [0, 0.05) is 6.04 Å². The Morgan fingerprint density at radius 3 is 2.25 bits per heavy atom. The summed E-state index contributed by atoms with van der Waals surface area (Å²) in [5.41, 5.74) is 1.30. The summed E-state index contributed by atoms with van der Waals surface area (Å²) in [5.74, 6) is 0.960. The van der Waals surface area contributed by atoms with E-state index in [0.29, 0.717) is 6.04 Å². The van der Waals surface area contributed by atoms with Gasteiger partial charge in [0.05, 0.1) is 6.10 Å². The number of rotatable bonds is 6. The first-order valence-corrected chi connectivity index (χ1v) is 6.17. The van der Waals surface area contributed by atoms with Crippen molar-refractivity contribution in [3.8, 4) is 5.75 Å². The quantitative estimate of drug-likeness (QED) is 0.793. The van der Waals surface area contributed by atoms with E-state index in [1.54, 1.807) is 0 Å². The van der Waals surface area contributed by atoms with Gasteiger partial charge in [-0.3, -0.25) is 0 Å². The lowest BCUT2D eigenvalue weighted by Gasteiger charge is -2.15. The van der Waals surface area contributed by atoms with Crippen molar-refractivity contribution >= 4 is 0 Å². The number of hydrogen-bond acceptors (Lipinski definition) is 2. The van der Waals surface area contributed by atoms with Gasteiger partial charge in [-0.25, -0.2) is 0 Å². The molecule has 0 aliphatic carbocycles. The van der Waals surface area contributed by atoms with Crippen LogP contribution in [0.3, 0.4) is 0 Å². The SMILES string of the molecule is CCN[C@@H](C)c1ccc(O[C@@H](C)CC)cc1. The normalized spacial score (nSPS) is 14.5. The van der Waals surface area contributed by atoms with Gasteiger partial charge in [0.25, 0.3) is 0 Å². The first-order chi connectivity index (χ1) is 7.67. The van der Waals surface area contributed by atoms with Crippen molar-refractivity contribution in [1.29, 1.82) is 0 Å². The maximum Gasteiger partial charge on any atom is 0.119 e. The molecular formula is C14H23NO. The summed E-state index contributed by atoms with van der Waals surface area (Å²) in [6.07, 6.45) is 1.33. The first-order valence-electron chi connectivity index (χ1n) is 6.17. The van der Waals surface area contributed by atoms with Crippen LogP contribution in [0.5, 0.6) is 5.75 Å². The van der Waals surface area contributed by atoms with Gasteiger partial charge in [-0.05, 0) is 44.5 Å². The smallest absolute Gasteiger partial charge is 0.119 e. The Hall–Kier alpha value is -1.02. The monoisotopic (exact) mass is 221 g/mol. The van der Waals surface area contributed by atoms with E-state index in [1.807, 2.05) is 0 Å². The number of nitrogens with one attached hydrogen (secondary N) is 1. The fourth-order valence-corrected chi connectivity index (χ4v) is 1.57. The van der Waals surface area contributed by atoms with Crippen molar-refractivity contribution in [2.75, 3.05) is 6.54 Å². The van der Waals surface area contributed by atoms with Crippen molar-refractivity contribution in [2.45, 2.75) is 46.3 Å². The van der Waals surface area contributed by atoms with Crippen LogP contribution in [0.1, 0.15) is 45.7 Å². The van der Waals surface area contributed by atoms with Crippen LogP contribution in [0, 0.1) is 0 Å². The van der Waals surface area contributed by atoms with Crippen LogP contribution in [-0.4, -0.2) is 12.6 Å². The highest BCUT2D eigenvalue weighted by molar-refractivity contribution is 5.29. The molecule has 2 heteroatoms. The fraction of sp³-hybridized carbons (Fsp3) is 0.571. The molecule has 2 nitrogen and oxygen atoms in total. The highest BCUT2D eigenvalue weighted by Crippen LogP contribution is 2.18. The van der Waals surface area contributed by atoms with Crippen LogP contribution in [-0.2, 0) is 0 Å². The Balaban J connectivity index is 2.60. The molecule has 0 amide bonds. The third-order valence-corrected chi connectivity index (χ3v) is 2.80. The molecule has 1 N–H and O–H groups in total. The minimum absolute atomic E-state index is 0.289. The molecule has 0 fully saturated rings. The molecule has 1 rings (SSSR count). The average molecular weight is 221 g/mol. The van der Waals surface area contributed by atoms with E-state index in [-0.39, 0.29) is 6.10 Å². The Kier molecular flexibility index (Phi) is 5.33. The van der Waals surface area contributed by atoms with E-state index in [9.17, 15) is 0 Å². The second-order valence-electron chi connectivity index (χ2n) is 4.19. The second kappa shape index (κ2) is 6.54. The van der Waals surface area contributed by atoms with Crippen LogP contribution in [0.4, 0.5) is 0 Å². The van der Waals surface area contributed by atoms with Gasteiger partial charge in [0.2, 0.25) is 0 Å². The van der Waals surface area contributed by atoms with Crippen LogP contribution in [0.2, 0.25) is 0 Å². The summed E-state index contributed by atoms with van der Waals surface area (Å²) in [4.78, 5) is 0. The zero-order valence-corrected chi connectivity index (χ0v) is 10.8. The summed E-state index contributed by atoms with van der Waals surface area (Å²) in [7, 11) is 0. The molecule has 0 saturated carbocycles. The second-order valence-corrected chi connectivity index (χ2v) is 4.19. The number of ether oxygens (including phenoxy) is 1. The van der Waals surface area contributed by atoms with E-state index < -0.39 is 0 Å². The summed E-state index contributed by atoms with van der Waals surface area (Å²) >= 11 is 0. The molecule has 1 aromatic carbocycles. The molecule has 0 radical (unpaired) electrons. The Morgan fingerprint density at radius 1 is 1.12 bits per heavy atom. The van der Waals surface area contributed by atoms with Crippen molar-refractivity contribution in [3.05, 3.63) is 29.8 Å². The van der Waals surface area contributed by atoms with Crippen molar-refractivity contribution < 1.29 is 4.74 Å². The minimum Gasteiger partial charge on any atom is -0.491 e. The average Bonchev–Trinajstić information content (AvgIpc) is 2.30. The molecule has 0 aliphatic rings. The van der Waals surface area contributed by atoms with Crippen LogP contribution in [0.25, 0.3) is 0 Å². The number of benzene rings is 1. The Labute approximate surface area is 99.0 Å². The van der Waals surface area contributed by atoms with Gasteiger partial charge in [0.1, 0.15) is 5.75 Å². The fourth-order valence-electron chi connectivity index (χ4n) is 1.57. The van der Waals surface area contributed by atoms with E-state index >= 15 is 0 Å². The molecule has 0 bridgehead atoms. The van der Waals surface area contributed by atoms with Gasteiger partial charge in [-0.2, -0.15) is 0 Å². The van der Waals surface area contributed by atoms with Crippen molar-refractivity contribution in [2.24, 2.45) is 0 Å². The van der Waals surface area contributed by atoms with E-state index in [2.05, 4.69) is 57.3 Å². The predicted molar refractivity (Wildman–Crippen MR) is 68.9 cm³/mol. The zero-order valence-electron chi connectivity index (χ0n) is 10.8. The lowest BCUT2D eigenvalue weighted by atomic mass is 10.1. The molecule has 0 aromatic heterocycles. The summed E-state index contributed by atoms with van der Waals surface area (Å²) < 4.78 is 5.74. The van der Waals surface area contributed by atoms with Crippen LogP contribution in [0.15, 0.2) is 24.3 Å². The third-order valence-electron chi connectivity index (χ3n) is 2.80.